The molecular formula is C23H30N2O4S. The zero-order chi connectivity index (χ0) is 21.7. The number of sulfonamides is 1. The molecule has 30 heavy (non-hydrogen) atoms. The number of nitrogens with zero attached hydrogens (tertiary/aromatic N) is 1. The summed E-state index contributed by atoms with van der Waals surface area (Å²) in [5.74, 6) is -0.0202. The van der Waals surface area contributed by atoms with Gasteiger partial charge in [0, 0.05) is 13.1 Å². The van der Waals surface area contributed by atoms with Crippen LogP contribution in [-0.2, 0) is 16.4 Å². The van der Waals surface area contributed by atoms with Crippen molar-refractivity contribution in [3.05, 3.63) is 59.2 Å². The highest BCUT2D eigenvalue weighted by Crippen LogP contribution is 2.27. The number of hydrogen-bond acceptors (Lipinski definition) is 4. The number of ether oxygens (including phenoxy) is 1. The summed E-state index contributed by atoms with van der Waals surface area (Å²) in [6.45, 7) is 5.03. The third kappa shape index (κ3) is 4.84. The summed E-state index contributed by atoms with van der Waals surface area (Å²) in [4.78, 5) is 13.1. The third-order valence-electron chi connectivity index (χ3n) is 5.60. The molecule has 1 amide bonds. The van der Waals surface area contributed by atoms with E-state index in [1.54, 1.807) is 6.07 Å². The molecule has 0 aromatic heterocycles. The van der Waals surface area contributed by atoms with Gasteiger partial charge >= 0.3 is 0 Å². The van der Waals surface area contributed by atoms with Gasteiger partial charge in [0.15, 0.2) is 0 Å². The summed E-state index contributed by atoms with van der Waals surface area (Å²) in [6, 6.07) is 12.3. The van der Waals surface area contributed by atoms with Crippen LogP contribution < -0.4 is 10.1 Å². The minimum atomic E-state index is -3.63. The average molecular weight is 431 g/mol. The molecule has 162 valence electrons. The van der Waals surface area contributed by atoms with Crippen molar-refractivity contribution >= 4 is 15.9 Å². The highest BCUT2D eigenvalue weighted by Gasteiger charge is 2.28. The molecule has 1 aliphatic heterocycles. The van der Waals surface area contributed by atoms with Gasteiger partial charge in [0.2, 0.25) is 10.0 Å². The molecule has 3 rings (SSSR count). The monoisotopic (exact) mass is 430 g/mol. The molecule has 0 aliphatic carbocycles. The molecule has 0 spiro atoms. The van der Waals surface area contributed by atoms with Crippen molar-refractivity contribution in [1.29, 1.82) is 0 Å². The van der Waals surface area contributed by atoms with E-state index in [4.69, 9.17) is 4.74 Å². The minimum Gasteiger partial charge on any atom is -0.496 e. The van der Waals surface area contributed by atoms with Crippen LogP contribution in [0.3, 0.4) is 0 Å². The van der Waals surface area contributed by atoms with Crippen molar-refractivity contribution in [3.63, 3.8) is 0 Å². The van der Waals surface area contributed by atoms with Crippen LogP contribution in [0.1, 0.15) is 60.6 Å². The second-order valence-corrected chi connectivity index (χ2v) is 9.56. The SMILES string of the molecule is CCc1ccc([C@H](C)NC(=O)c2cc(S(=O)(=O)N3CCCCC3)ccc2OC)cc1. The van der Waals surface area contributed by atoms with Crippen LogP contribution in [-0.4, -0.2) is 38.8 Å². The van der Waals surface area contributed by atoms with Gasteiger partial charge in [0.1, 0.15) is 5.75 Å². The molecule has 7 heteroatoms. The highest BCUT2D eigenvalue weighted by atomic mass is 32.2. The Bertz CT molecular complexity index is 981. The van der Waals surface area contributed by atoms with E-state index in [1.807, 2.05) is 31.2 Å². The Kier molecular flexibility index (Phi) is 7.15. The second-order valence-electron chi connectivity index (χ2n) is 7.62. The number of carbonyl (C=O) groups is 1. The van der Waals surface area contributed by atoms with Crippen LogP contribution in [0.5, 0.6) is 5.75 Å². The summed E-state index contributed by atoms with van der Waals surface area (Å²) in [6.07, 6.45) is 3.71. The van der Waals surface area contributed by atoms with E-state index in [1.165, 1.54) is 29.1 Å². The summed E-state index contributed by atoms with van der Waals surface area (Å²) in [5.41, 5.74) is 2.43. The molecule has 1 atom stereocenters. The van der Waals surface area contributed by atoms with Crippen LogP contribution in [0, 0.1) is 0 Å². The van der Waals surface area contributed by atoms with Crippen LogP contribution in [0.4, 0.5) is 0 Å². The zero-order valence-electron chi connectivity index (χ0n) is 17.8. The number of benzene rings is 2. The maximum absolute atomic E-state index is 13.0. The van der Waals surface area contributed by atoms with E-state index in [0.29, 0.717) is 18.8 Å². The molecule has 1 fully saturated rings. The quantitative estimate of drug-likeness (QED) is 0.722. The van der Waals surface area contributed by atoms with Gasteiger partial charge in [-0.05, 0) is 55.5 Å². The van der Waals surface area contributed by atoms with Gasteiger partial charge < -0.3 is 10.1 Å². The first-order valence-electron chi connectivity index (χ1n) is 10.4. The molecule has 2 aromatic rings. The third-order valence-corrected chi connectivity index (χ3v) is 7.50. The van der Waals surface area contributed by atoms with E-state index in [2.05, 4.69) is 12.2 Å². The standard InChI is InChI=1S/C23H30N2O4S/c1-4-18-8-10-19(11-9-18)17(2)24-23(26)21-16-20(12-13-22(21)29-3)30(27,28)25-14-6-5-7-15-25/h8-13,16-17H,4-7,14-15H2,1-3H3,(H,24,26)/t17-/m0/s1. The van der Waals surface area contributed by atoms with Gasteiger partial charge in [-0.1, -0.05) is 37.6 Å². The lowest BCUT2D eigenvalue weighted by atomic mass is 10.0. The van der Waals surface area contributed by atoms with E-state index < -0.39 is 10.0 Å². The fraction of sp³-hybridized carbons (Fsp3) is 0.435. The fourth-order valence-electron chi connectivity index (χ4n) is 3.68. The fourth-order valence-corrected chi connectivity index (χ4v) is 5.22. The molecule has 0 unspecified atom stereocenters. The molecule has 1 saturated heterocycles. The van der Waals surface area contributed by atoms with Crippen molar-refractivity contribution in [3.8, 4) is 5.75 Å². The van der Waals surface area contributed by atoms with Gasteiger partial charge in [0.25, 0.3) is 5.91 Å². The number of aryl methyl sites for hydroxylation is 1. The van der Waals surface area contributed by atoms with Crippen LogP contribution in [0.2, 0.25) is 0 Å². The van der Waals surface area contributed by atoms with Crippen molar-refractivity contribution in [2.24, 2.45) is 0 Å². The summed E-state index contributed by atoms with van der Waals surface area (Å²) in [7, 11) is -2.16. The molecule has 0 radical (unpaired) electrons. The lowest BCUT2D eigenvalue weighted by Gasteiger charge is -2.26. The molecule has 0 saturated carbocycles. The van der Waals surface area contributed by atoms with E-state index in [-0.39, 0.29) is 22.4 Å². The Labute approximate surface area is 179 Å². The van der Waals surface area contributed by atoms with Crippen LogP contribution in [0.15, 0.2) is 47.4 Å². The number of rotatable bonds is 7. The molecule has 0 bridgehead atoms. The van der Waals surface area contributed by atoms with Crippen molar-refractivity contribution in [1.82, 2.24) is 9.62 Å². The highest BCUT2D eigenvalue weighted by molar-refractivity contribution is 7.89. The first kappa shape index (κ1) is 22.3. The smallest absolute Gasteiger partial charge is 0.255 e. The lowest BCUT2D eigenvalue weighted by molar-refractivity contribution is 0.0936. The molecular weight excluding hydrogens is 400 g/mol. The van der Waals surface area contributed by atoms with Crippen LogP contribution >= 0.6 is 0 Å². The lowest BCUT2D eigenvalue weighted by Crippen LogP contribution is -2.35. The largest absolute Gasteiger partial charge is 0.496 e. The number of nitrogens with one attached hydrogen (secondary N) is 1. The summed E-state index contributed by atoms with van der Waals surface area (Å²) < 4.78 is 32.9. The minimum absolute atomic E-state index is 0.121. The average Bonchev–Trinajstić information content (AvgIpc) is 2.79. The summed E-state index contributed by atoms with van der Waals surface area (Å²) >= 11 is 0. The predicted molar refractivity (Wildman–Crippen MR) is 117 cm³/mol. The Balaban J connectivity index is 1.84. The number of amides is 1. The van der Waals surface area contributed by atoms with E-state index in [9.17, 15) is 13.2 Å². The van der Waals surface area contributed by atoms with Gasteiger partial charge in [-0.25, -0.2) is 8.42 Å². The molecule has 1 N–H and O–H groups in total. The molecule has 1 heterocycles. The van der Waals surface area contributed by atoms with Crippen molar-refractivity contribution < 1.29 is 17.9 Å². The second kappa shape index (κ2) is 9.62. The van der Waals surface area contributed by atoms with Gasteiger partial charge in [-0.3, -0.25) is 4.79 Å². The summed E-state index contributed by atoms with van der Waals surface area (Å²) in [5, 5.41) is 2.96. The Morgan fingerprint density at radius 1 is 1.10 bits per heavy atom. The first-order chi connectivity index (χ1) is 14.4. The maximum atomic E-state index is 13.0. The first-order valence-corrected chi connectivity index (χ1v) is 11.9. The predicted octanol–water partition coefficient (Wildman–Crippen LogP) is 3.92. The molecule has 2 aromatic carbocycles. The molecule has 6 nitrogen and oxygen atoms in total. The van der Waals surface area contributed by atoms with Gasteiger partial charge in [-0.15, -0.1) is 0 Å². The Hall–Kier alpha value is -2.38. The van der Waals surface area contributed by atoms with Crippen LogP contribution in [0.25, 0.3) is 0 Å². The maximum Gasteiger partial charge on any atom is 0.255 e. The van der Waals surface area contributed by atoms with E-state index >= 15 is 0 Å². The molecule has 1 aliphatic rings. The Morgan fingerprint density at radius 3 is 2.37 bits per heavy atom. The topological polar surface area (TPSA) is 75.7 Å². The normalized spacial score (nSPS) is 16.1. The van der Waals surface area contributed by atoms with E-state index in [0.717, 1.165) is 31.2 Å². The van der Waals surface area contributed by atoms with Crippen molar-refractivity contribution in [2.45, 2.75) is 50.5 Å². The number of piperidine rings is 1. The number of hydrogen-bond donors (Lipinski definition) is 1. The van der Waals surface area contributed by atoms with Crippen molar-refractivity contribution in [2.75, 3.05) is 20.2 Å². The number of methoxy groups -OCH3 is 1. The number of carbonyl (C=O) groups excluding carboxylic acids is 1. The van der Waals surface area contributed by atoms with Gasteiger partial charge in [-0.2, -0.15) is 4.31 Å². The van der Waals surface area contributed by atoms with Gasteiger partial charge in [0.05, 0.1) is 23.6 Å². The Morgan fingerprint density at radius 2 is 1.77 bits per heavy atom. The zero-order valence-corrected chi connectivity index (χ0v) is 18.7.